The van der Waals surface area contributed by atoms with E-state index < -0.39 is 9.84 Å². The fourth-order valence-corrected chi connectivity index (χ4v) is 4.03. The molecule has 7 heteroatoms. The highest BCUT2D eigenvalue weighted by molar-refractivity contribution is 8.01. The van der Waals surface area contributed by atoms with E-state index in [4.69, 9.17) is 0 Å². The molecule has 0 saturated heterocycles. The van der Waals surface area contributed by atoms with Crippen LogP contribution in [0.1, 0.15) is 0 Å². The Bertz CT molecular complexity index is 661. The van der Waals surface area contributed by atoms with Gasteiger partial charge in [0.15, 0.2) is 14.2 Å². The van der Waals surface area contributed by atoms with Crippen molar-refractivity contribution in [1.29, 1.82) is 0 Å². The minimum atomic E-state index is -3.42. The van der Waals surface area contributed by atoms with Gasteiger partial charge in [-0.3, -0.25) is 0 Å². The molecule has 0 spiro atoms. The molecule has 4 nitrogen and oxygen atoms in total. The van der Waals surface area contributed by atoms with Gasteiger partial charge in [-0.15, -0.1) is 11.3 Å². The van der Waals surface area contributed by atoms with E-state index in [0.717, 1.165) is 15.3 Å². The van der Waals surface area contributed by atoms with Crippen LogP contribution >= 0.6 is 23.1 Å². The summed E-state index contributed by atoms with van der Waals surface area (Å²) < 4.78 is 24.4. The van der Waals surface area contributed by atoms with E-state index in [2.05, 4.69) is 11.9 Å². The van der Waals surface area contributed by atoms with Gasteiger partial charge in [-0.1, -0.05) is 11.8 Å². The quantitative estimate of drug-likeness (QED) is 0.878. The minimum absolute atomic E-state index is 0.0557. The van der Waals surface area contributed by atoms with Crippen LogP contribution in [-0.4, -0.2) is 30.5 Å². The average molecular weight is 288 g/mol. The molecule has 0 aliphatic carbocycles. The van der Waals surface area contributed by atoms with Crippen LogP contribution in [0, 0.1) is 6.92 Å². The first-order valence-corrected chi connectivity index (χ1v) is 8.37. The third-order valence-corrected chi connectivity index (χ3v) is 5.16. The topological polar surface area (TPSA) is 67.3 Å². The molecule has 0 bridgehead atoms. The number of aromatic nitrogens is 1. The summed E-state index contributed by atoms with van der Waals surface area (Å²) in [6, 6.07) is 2.85. The molecule has 1 heterocycles. The Morgan fingerprint density at radius 3 is 2.82 bits per heavy atom. The number of aromatic hydroxyl groups is 1. The van der Waals surface area contributed by atoms with Gasteiger partial charge in [-0.25, -0.2) is 13.4 Å². The van der Waals surface area contributed by atoms with E-state index in [9.17, 15) is 13.5 Å². The van der Waals surface area contributed by atoms with Crippen LogP contribution < -0.4 is 0 Å². The second kappa shape index (κ2) is 4.47. The number of nitrogens with zero attached hydrogens (tertiary/aromatic N) is 1. The van der Waals surface area contributed by atoms with E-state index >= 15 is 0 Å². The SMILES string of the molecule is [CH2]CSc1nc2cc(O)c(S(C)(=O)=O)cc2s1. The van der Waals surface area contributed by atoms with Crippen LogP contribution in [0.4, 0.5) is 0 Å². The molecule has 0 atom stereocenters. The maximum absolute atomic E-state index is 11.4. The van der Waals surface area contributed by atoms with Gasteiger partial charge >= 0.3 is 0 Å². The van der Waals surface area contributed by atoms with E-state index in [1.807, 2.05) is 0 Å². The van der Waals surface area contributed by atoms with Crippen LogP contribution in [0.5, 0.6) is 5.75 Å². The molecule has 0 amide bonds. The molecular weight excluding hydrogens is 278 g/mol. The number of phenolic OH excluding ortho intramolecular Hbond substituents is 1. The highest BCUT2D eigenvalue weighted by Gasteiger charge is 2.16. The second-order valence-corrected chi connectivity index (χ2v) is 7.74. The molecule has 1 aromatic heterocycles. The number of thioether (sulfide) groups is 1. The summed E-state index contributed by atoms with van der Waals surface area (Å²) in [6.07, 6.45) is 1.07. The van der Waals surface area contributed by atoms with E-state index in [-0.39, 0.29) is 10.6 Å². The normalized spacial score (nSPS) is 12.1. The lowest BCUT2D eigenvalue weighted by Crippen LogP contribution is -1.96. The van der Waals surface area contributed by atoms with Crippen LogP contribution in [0.2, 0.25) is 0 Å². The van der Waals surface area contributed by atoms with Crippen molar-refractivity contribution in [3.8, 4) is 5.75 Å². The van der Waals surface area contributed by atoms with Gasteiger partial charge in [0.1, 0.15) is 10.6 Å². The summed E-state index contributed by atoms with van der Waals surface area (Å²) in [5, 5.41) is 9.65. The number of phenols is 1. The molecule has 1 aromatic carbocycles. The monoisotopic (exact) mass is 288 g/mol. The lowest BCUT2D eigenvalue weighted by atomic mass is 10.3. The van der Waals surface area contributed by atoms with E-state index in [0.29, 0.717) is 11.3 Å². The first-order chi connectivity index (χ1) is 7.91. The third-order valence-electron chi connectivity index (χ3n) is 2.07. The van der Waals surface area contributed by atoms with Crippen LogP contribution in [0.25, 0.3) is 10.2 Å². The van der Waals surface area contributed by atoms with Crippen molar-refractivity contribution < 1.29 is 13.5 Å². The number of fused-ring (bicyclic) bond motifs is 1. The summed E-state index contributed by atoms with van der Waals surface area (Å²) >= 11 is 2.88. The summed E-state index contributed by atoms with van der Waals surface area (Å²) in [4.78, 5) is 4.22. The number of benzene rings is 1. The highest BCUT2D eigenvalue weighted by atomic mass is 32.2. The van der Waals surface area contributed by atoms with Gasteiger partial charge in [0.2, 0.25) is 0 Å². The maximum atomic E-state index is 11.4. The van der Waals surface area contributed by atoms with E-state index in [1.54, 1.807) is 0 Å². The van der Waals surface area contributed by atoms with Gasteiger partial charge in [0.05, 0.1) is 10.2 Å². The van der Waals surface area contributed by atoms with Gasteiger partial charge in [0, 0.05) is 18.1 Å². The molecule has 17 heavy (non-hydrogen) atoms. The van der Waals surface area contributed by atoms with Crippen molar-refractivity contribution in [2.24, 2.45) is 0 Å². The molecular formula is C10H10NO3S3. The average Bonchev–Trinajstić information content (AvgIpc) is 2.57. The zero-order chi connectivity index (χ0) is 12.6. The molecule has 2 aromatic rings. The second-order valence-electron chi connectivity index (χ2n) is 3.39. The number of hydrogen-bond donors (Lipinski definition) is 1. The van der Waals surface area contributed by atoms with Crippen molar-refractivity contribution in [2.75, 3.05) is 12.0 Å². The summed E-state index contributed by atoms with van der Waals surface area (Å²) in [7, 11) is -3.42. The van der Waals surface area contributed by atoms with Crippen molar-refractivity contribution in [2.45, 2.75) is 9.24 Å². The molecule has 91 valence electrons. The number of rotatable bonds is 3. The number of hydrogen-bond acceptors (Lipinski definition) is 6. The standard InChI is InChI=1S/C10H10NO3S3/c1-3-15-10-11-6-4-7(12)9(17(2,13)14)5-8(6)16-10/h4-5,12H,1,3H2,2H3. The van der Waals surface area contributed by atoms with E-state index in [1.165, 1.54) is 35.2 Å². The predicted molar refractivity (Wildman–Crippen MR) is 70.5 cm³/mol. The Hall–Kier alpha value is -0.790. The summed E-state index contributed by atoms with van der Waals surface area (Å²) in [5.41, 5.74) is 0.607. The Balaban J connectivity index is 2.64. The smallest absolute Gasteiger partial charge is 0.179 e. The molecule has 0 aliphatic heterocycles. The van der Waals surface area contributed by atoms with Gasteiger partial charge in [0.25, 0.3) is 0 Å². The minimum Gasteiger partial charge on any atom is -0.507 e. The largest absolute Gasteiger partial charge is 0.507 e. The van der Waals surface area contributed by atoms with Crippen LogP contribution in [0.15, 0.2) is 21.4 Å². The number of thiazole rings is 1. The third kappa shape index (κ3) is 2.56. The summed E-state index contributed by atoms with van der Waals surface area (Å²) in [6.45, 7) is 3.71. The van der Waals surface area contributed by atoms with Crippen LogP contribution in [0.3, 0.4) is 0 Å². The van der Waals surface area contributed by atoms with Gasteiger partial charge < -0.3 is 5.11 Å². The molecule has 1 N–H and O–H groups in total. The molecule has 0 aliphatic rings. The zero-order valence-electron chi connectivity index (χ0n) is 9.00. The van der Waals surface area contributed by atoms with Crippen molar-refractivity contribution >= 4 is 43.2 Å². The predicted octanol–water partition coefficient (Wildman–Crippen LogP) is 2.33. The first-order valence-electron chi connectivity index (χ1n) is 4.67. The van der Waals surface area contributed by atoms with Gasteiger partial charge in [-0.05, 0) is 13.0 Å². The Morgan fingerprint density at radius 2 is 2.24 bits per heavy atom. The Kier molecular flexibility index (Phi) is 3.33. The lowest BCUT2D eigenvalue weighted by molar-refractivity contribution is 0.460. The summed E-state index contributed by atoms with van der Waals surface area (Å²) in [5.74, 6) is 0.404. The van der Waals surface area contributed by atoms with Crippen LogP contribution in [-0.2, 0) is 9.84 Å². The molecule has 0 unspecified atom stereocenters. The molecule has 0 saturated carbocycles. The highest BCUT2D eigenvalue weighted by Crippen LogP contribution is 2.34. The zero-order valence-corrected chi connectivity index (χ0v) is 11.5. The molecule has 1 radical (unpaired) electrons. The lowest BCUT2D eigenvalue weighted by Gasteiger charge is -2.00. The molecule has 0 fully saturated rings. The fraction of sp³-hybridized carbons (Fsp3) is 0.200. The van der Waals surface area contributed by atoms with Crippen molar-refractivity contribution in [3.63, 3.8) is 0 Å². The Morgan fingerprint density at radius 1 is 1.53 bits per heavy atom. The fourth-order valence-electron chi connectivity index (χ4n) is 1.37. The Labute approximate surface area is 108 Å². The van der Waals surface area contributed by atoms with Gasteiger partial charge in [-0.2, -0.15) is 0 Å². The maximum Gasteiger partial charge on any atom is 0.179 e. The first kappa shape index (κ1) is 12.7. The number of sulfone groups is 1. The van der Waals surface area contributed by atoms with Crippen molar-refractivity contribution in [3.05, 3.63) is 19.1 Å². The molecule has 2 rings (SSSR count). The van der Waals surface area contributed by atoms with Crippen molar-refractivity contribution in [1.82, 2.24) is 4.98 Å².